The molecule has 0 aliphatic rings. The van der Waals surface area contributed by atoms with E-state index in [2.05, 4.69) is 5.32 Å². The number of hydrogen-bond acceptors (Lipinski definition) is 4. The SMILES string of the molecule is CCC(CC)NC(=O)C(C)OC(=O)c1ccc(N)c(Cl)c1. The van der Waals surface area contributed by atoms with Crippen LogP contribution >= 0.6 is 11.6 Å². The molecule has 3 N–H and O–H groups in total. The monoisotopic (exact) mass is 312 g/mol. The predicted molar refractivity (Wildman–Crippen MR) is 83.3 cm³/mol. The molecule has 0 aliphatic heterocycles. The van der Waals surface area contributed by atoms with Gasteiger partial charge in [0.05, 0.1) is 16.3 Å². The Kier molecular flexibility index (Phi) is 6.49. The van der Waals surface area contributed by atoms with E-state index in [1.165, 1.54) is 25.1 Å². The maximum atomic E-state index is 11.9. The second-order valence-corrected chi connectivity index (χ2v) is 5.21. The molecule has 116 valence electrons. The van der Waals surface area contributed by atoms with Crippen LogP contribution in [0.1, 0.15) is 44.0 Å². The molecular formula is C15H21ClN2O3. The fourth-order valence-corrected chi connectivity index (χ4v) is 1.93. The molecule has 1 rings (SSSR count). The summed E-state index contributed by atoms with van der Waals surface area (Å²) in [6.45, 7) is 5.51. The van der Waals surface area contributed by atoms with Gasteiger partial charge in [-0.3, -0.25) is 4.79 Å². The van der Waals surface area contributed by atoms with Crippen molar-refractivity contribution < 1.29 is 14.3 Å². The van der Waals surface area contributed by atoms with E-state index in [9.17, 15) is 9.59 Å². The zero-order valence-corrected chi connectivity index (χ0v) is 13.2. The molecule has 0 radical (unpaired) electrons. The average molecular weight is 313 g/mol. The lowest BCUT2D eigenvalue weighted by Crippen LogP contribution is -2.41. The Labute approximate surface area is 129 Å². The Morgan fingerprint density at radius 1 is 1.33 bits per heavy atom. The van der Waals surface area contributed by atoms with Gasteiger partial charge in [0.2, 0.25) is 0 Å². The molecule has 1 unspecified atom stereocenters. The third-order valence-electron chi connectivity index (χ3n) is 3.22. The van der Waals surface area contributed by atoms with Crippen molar-refractivity contribution in [2.24, 2.45) is 0 Å². The number of carbonyl (C=O) groups excluding carboxylic acids is 2. The van der Waals surface area contributed by atoms with E-state index < -0.39 is 12.1 Å². The number of anilines is 1. The second-order valence-electron chi connectivity index (χ2n) is 4.81. The van der Waals surface area contributed by atoms with Crippen molar-refractivity contribution in [1.29, 1.82) is 0 Å². The standard InChI is InChI=1S/C15H21ClN2O3/c1-4-11(5-2)18-14(19)9(3)21-15(20)10-6-7-13(17)12(16)8-10/h6-9,11H,4-5,17H2,1-3H3,(H,18,19). The summed E-state index contributed by atoms with van der Waals surface area (Å²) in [5.41, 5.74) is 6.22. The molecule has 0 aliphatic carbocycles. The van der Waals surface area contributed by atoms with E-state index in [4.69, 9.17) is 22.1 Å². The van der Waals surface area contributed by atoms with Crippen LogP contribution in [0.2, 0.25) is 5.02 Å². The summed E-state index contributed by atoms with van der Waals surface area (Å²) in [5.74, 6) is -0.914. The van der Waals surface area contributed by atoms with Crippen molar-refractivity contribution in [3.63, 3.8) is 0 Å². The molecule has 0 saturated heterocycles. The first-order valence-electron chi connectivity index (χ1n) is 6.95. The quantitative estimate of drug-likeness (QED) is 0.625. The van der Waals surface area contributed by atoms with Crippen LogP contribution in [0.5, 0.6) is 0 Å². The normalized spacial score (nSPS) is 12.0. The molecule has 21 heavy (non-hydrogen) atoms. The summed E-state index contributed by atoms with van der Waals surface area (Å²) in [6.07, 6.45) is 0.793. The number of hydrogen-bond donors (Lipinski definition) is 2. The Morgan fingerprint density at radius 3 is 2.48 bits per heavy atom. The van der Waals surface area contributed by atoms with Crippen molar-refractivity contribution in [2.75, 3.05) is 5.73 Å². The van der Waals surface area contributed by atoms with Gasteiger partial charge in [-0.25, -0.2) is 4.79 Å². The summed E-state index contributed by atoms with van der Waals surface area (Å²) < 4.78 is 5.13. The van der Waals surface area contributed by atoms with Crippen LogP contribution in [0, 0.1) is 0 Å². The molecule has 0 fully saturated rings. The zero-order chi connectivity index (χ0) is 16.0. The predicted octanol–water partition coefficient (Wildman–Crippen LogP) is 2.77. The molecule has 1 aromatic carbocycles. The number of ether oxygens (including phenoxy) is 1. The molecule has 0 saturated carbocycles. The highest BCUT2D eigenvalue weighted by atomic mass is 35.5. The van der Waals surface area contributed by atoms with E-state index >= 15 is 0 Å². The zero-order valence-electron chi connectivity index (χ0n) is 12.5. The fourth-order valence-electron chi connectivity index (χ4n) is 1.75. The molecule has 1 atom stereocenters. The van der Waals surface area contributed by atoms with Gasteiger partial charge in [-0.1, -0.05) is 25.4 Å². The summed E-state index contributed by atoms with van der Waals surface area (Å²) in [5, 5.41) is 3.11. The molecule has 1 amide bonds. The fraction of sp³-hybridized carbons (Fsp3) is 0.467. The van der Waals surface area contributed by atoms with Crippen LogP contribution in [0.3, 0.4) is 0 Å². The van der Waals surface area contributed by atoms with Gasteiger partial charge in [-0.05, 0) is 38.0 Å². The Morgan fingerprint density at radius 2 is 1.95 bits per heavy atom. The molecule has 0 spiro atoms. The number of esters is 1. The van der Waals surface area contributed by atoms with Gasteiger partial charge in [0, 0.05) is 6.04 Å². The van der Waals surface area contributed by atoms with Crippen LogP contribution in [0.25, 0.3) is 0 Å². The number of nitrogens with one attached hydrogen (secondary N) is 1. The number of rotatable bonds is 6. The van der Waals surface area contributed by atoms with E-state index in [1.807, 2.05) is 13.8 Å². The highest BCUT2D eigenvalue weighted by Gasteiger charge is 2.20. The lowest BCUT2D eigenvalue weighted by molar-refractivity contribution is -0.129. The van der Waals surface area contributed by atoms with Gasteiger partial charge in [0.15, 0.2) is 6.10 Å². The smallest absolute Gasteiger partial charge is 0.338 e. The van der Waals surface area contributed by atoms with Gasteiger partial charge in [-0.2, -0.15) is 0 Å². The minimum Gasteiger partial charge on any atom is -0.449 e. The lowest BCUT2D eigenvalue weighted by Gasteiger charge is -2.18. The third kappa shape index (κ3) is 4.93. The van der Waals surface area contributed by atoms with Gasteiger partial charge >= 0.3 is 5.97 Å². The highest BCUT2D eigenvalue weighted by Crippen LogP contribution is 2.20. The summed E-state index contributed by atoms with van der Waals surface area (Å²) in [6, 6.07) is 4.54. The number of amides is 1. The number of nitrogen functional groups attached to an aromatic ring is 1. The molecule has 0 heterocycles. The molecule has 1 aromatic rings. The van der Waals surface area contributed by atoms with Crippen molar-refractivity contribution in [3.05, 3.63) is 28.8 Å². The summed E-state index contributed by atoms with van der Waals surface area (Å²) in [7, 11) is 0. The third-order valence-corrected chi connectivity index (χ3v) is 3.55. The molecule has 5 nitrogen and oxygen atoms in total. The average Bonchev–Trinajstić information content (AvgIpc) is 2.46. The van der Waals surface area contributed by atoms with Crippen molar-refractivity contribution >= 4 is 29.2 Å². The Bertz CT molecular complexity index is 516. The number of carbonyl (C=O) groups is 2. The van der Waals surface area contributed by atoms with Crippen LogP contribution in [-0.4, -0.2) is 24.0 Å². The lowest BCUT2D eigenvalue weighted by atomic mass is 10.1. The van der Waals surface area contributed by atoms with E-state index in [0.29, 0.717) is 5.69 Å². The Hall–Kier alpha value is -1.75. The molecular weight excluding hydrogens is 292 g/mol. The van der Waals surface area contributed by atoms with E-state index in [0.717, 1.165) is 12.8 Å². The van der Waals surface area contributed by atoms with Gasteiger partial charge in [-0.15, -0.1) is 0 Å². The largest absolute Gasteiger partial charge is 0.449 e. The topological polar surface area (TPSA) is 81.4 Å². The van der Waals surface area contributed by atoms with Gasteiger partial charge in [0.1, 0.15) is 0 Å². The minimum atomic E-state index is -0.866. The first kappa shape index (κ1) is 17.3. The highest BCUT2D eigenvalue weighted by molar-refractivity contribution is 6.33. The first-order valence-corrected chi connectivity index (χ1v) is 7.33. The van der Waals surface area contributed by atoms with Crippen LogP contribution in [0.4, 0.5) is 5.69 Å². The molecule has 0 bridgehead atoms. The van der Waals surface area contributed by atoms with Gasteiger partial charge < -0.3 is 15.8 Å². The van der Waals surface area contributed by atoms with Crippen molar-refractivity contribution in [1.82, 2.24) is 5.32 Å². The van der Waals surface area contributed by atoms with Crippen LogP contribution in [0.15, 0.2) is 18.2 Å². The van der Waals surface area contributed by atoms with Crippen LogP contribution in [-0.2, 0) is 9.53 Å². The summed E-state index contributed by atoms with van der Waals surface area (Å²) >= 11 is 5.85. The van der Waals surface area contributed by atoms with Crippen molar-refractivity contribution in [2.45, 2.75) is 45.8 Å². The number of benzene rings is 1. The summed E-state index contributed by atoms with van der Waals surface area (Å²) in [4.78, 5) is 23.9. The van der Waals surface area contributed by atoms with E-state index in [1.54, 1.807) is 0 Å². The molecule has 6 heteroatoms. The first-order chi connectivity index (χ1) is 9.88. The number of halogens is 1. The maximum Gasteiger partial charge on any atom is 0.338 e. The minimum absolute atomic E-state index is 0.0876. The molecule has 0 aromatic heterocycles. The van der Waals surface area contributed by atoms with E-state index in [-0.39, 0.29) is 22.5 Å². The number of nitrogens with two attached hydrogens (primary N) is 1. The van der Waals surface area contributed by atoms with Crippen LogP contribution < -0.4 is 11.1 Å². The second kappa shape index (κ2) is 7.88. The van der Waals surface area contributed by atoms with Gasteiger partial charge in [0.25, 0.3) is 5.91 Å². The van der Waals surface area contributed by atoms with Crippen molar-refractivity contribution in [3.8, 4) is 0 Å². The maximum absolute atomic E-state index is 11.9. The Balaban J connectivity index is 2.64.